The molecule has 0 spiro atoms. The Morgan fingerprint density at radius 3 is 2.88 bits per heavy atom. The van der Waals surface area contributed by atoms with Crippen molar-refractivity contribution in [1.82, 2.24) is 0 Å². The van der Waals surface area contributed by atoms with Crippen molar-refractivity contribution in [3.63, 3.8) is 0 Å². The number of fused-ring (bicyclic) bond motifs is 3. The molecular formula is C14H20N2S. The summed E-state index contributed by atoms with van der Waals surface area (Å²) in [5.41, 5.74) is 8.67. The van der Waals surface area contributed by atoms with Crippen LogP contribution in [0.2, 0.25) is 0 Å². The number of hydrogen-bond donors (Lipinski definition) is 1. The minimum Gasteiger partial charge on any atom is -0.379 e. The van der Waals surface area contributed by atoms with Crippen LogP contribution in [0.3, 0.4) is 0 Å². The molecule has 0 saturated heterocycles. The van der Waals surface area contributed by atoms with Crippen molar-refractivity contribution in [2.45, 2.75) is 32.7 Å². The van der Waals surface area contributed by atoms with E-state index in [1.54, 1.807) is 11.8 Å². The summed E-state index contributed by atoms with van der Waals surface area (Å²) >= 11 is 1.71. The SMILES string of the molecule is CC.NC1=NC2c3ccccc3CCC2CS1. The van der Waals surface area contributed by atoms with Gasteiger partial charge in [0.05, 0.1) is 6.04 Å². The maximum absolute atomic E-state index is 5.81. The number of benzene rings is 1. The number of rotatable bonds is 0. The van der Waals surface area contributed by atoms with Crippen LogP contribution in [0.4, 0.5) is 0 Å². The minimum absolute atomic E-state index is 0.330. The van der Waals surface area contributed by atoms with Crippen LogP contribution in [0.5, 0.6) is 0 Å². The van der Waals surface area contributed by atoms with Gasteiger partial charge < -0.3 is 5.73 Å². The van der Waals surface area contributed by atoms with E-state index in [9.17, 15) is 0 Å². The molecule has 2 aliphatic rings. The van der Waals surface area contributed by atoms with Gasteiger partial charge >= 0.3 is 0 Å². The second-order valence-corrected chi connectivity index (χ2v) is 5.26. The van der Waals surface area contributed by atoms with Crippen LogP contribution in [-0.4, -0.2) is 10.9 Å². The van der Waals surface area contributed by atoms with Crippen LogP contribution in [-0.2, 0) is 6.42 Å². The van der Waals surface area contributed by atoms with Gasteiger partial charge in [-0.05, 0) is 29.9 Å². The highest BCUT2D eigenvalue weighted by Gasteiger charge is 2.31. The summed E-state index contributed by atoms with van der Waals surface area (Å²) in [6.45, 7) is 4.00. The maximum Gasteiger partial charge on any atom is 0.154 e. The van der Waals surface area contributed by atoms with Crippen LogP contribution in [0, 0.1) is 5.92 Å². The van der Waals surface area contributed by atoms with Gasteiger partial charge in [0.15, 0.2) is 5.17 Å². The van der Waals surface area contributed by atoms with E-state index in [-0.39, 0.29) is 0 Å². The Balaban J connectivity index is 0.000000514. The third kappa shape index (κ3) is 2.49. The standard InChI is InChI=1S/C12H14N2S.C2H6/c13-12-14-11-9(7-15-12)6-5-8-3-1-2-4-10(8)11;1-2/h1-4,9,11H,5-7H2,(H2,13,14);1-2H3. The van der Waals surface area contributed by atoms with Gasteiger partial charge in [0, 0.05) is 5.75 Å². The molecule has 2 N–H and O–H groups in total. The zero-order chi connectivity index (χ0) is 12.3. The molecule has 1 heterocycles. The molecule has 2 atom stereocenters. The van der Waals surface area contributed by atoms with Crippen molar-refractivity contribution in [3.05, 3.63) is 35.4 Å². The highest BCUT2D eigenvalue weighted by molar-refractivity contribution is 8.13. The maximum atomic E-state index is 5.81. The number of nitrogens with zero attached hydrogens (tertiary/aromatic N) is 1. The van der Waals surface area contributed by atoms with Crippen molar-refractivity contribution in [3.8, 4) is 0 Å². The Bertz CT molecular complexity index is 414. The molecule has 3 heteroatoms. The summed E-state index contributed by atoms with van der Waals surface area (Å²) in [6.07, 6.45) is 2.46. The Morgan fingerprint density at radius 2 is 2.06 bits per heavy atom. The number of amidine groups is 1. The lowest BCUT2D eigenvalue weighted by Gasteiger charge is -2.33. The van der Waals surface area contributed by atoms with Gasteiger partial charge in [-0.15, -0.1) is 0 Å². The van der Waals surface area contributed by atoms with E-state index >= 15 is 0 Å². The van der Waals surface area contributed by atoms with Crippen molar-refractivity contribution in [2.75, 3.05) is 5.75 Å². The largest absolute Gasteiger partial charge is 0.379 e. The monoisotopic (exact) mass is 248 g/mol. The van der Waals surface area contributed by atoms with Gasteiger partial charge in [0.25, 0.3) is 0 Å². The molecular weight excluding hydrogens is 228 g/mol. The van der Waals surface area contributed by atoms with Gasteiger partial charge in [0.2, 0.25) is 0 Å². The van der Waals surface area contributed by atoms with E-state index in [0.717, 1.165) is 10.9 Å². The lowest BCUT2D eigenvalue weighted by molar-refractivity contribution is 0.418. The molecule has 0 saturated carbocycles. The van der Waals surface area contributed by atoms with Gasteiger partial charge in [-0.1, -0.05) is 49.9 Å². The third-order valence-corrected chi connectivity index (χ3v) is 4.31. The Hall–Kier alpha value is -0.960. The number of aryl methyl sites for hydroxylation is 1. The fourth-order valence-corrected chi connectivity index (χ4v) is 3.44. The number of aliphatic imine (C=N–C) groups is 1. The van der Waals surface area contributed by atoms with E-state index in [2.05, 4.69) is 29.3 Å². The quantitative estimate of drug-likeness (QED) is 0.764. The normalized spacial score (nSPS) is 25.9. The molecule has 1 aliphatic carbocycles. The van der Waals surface area contributed by atoms with E-state index in [0.29, 0.717) is 12.0 Å². The van der Waals surface area contributed by atoms with Crippen LogP contribution in [0.15, 0.2) is 29.3 Å². The summed E-state index contributed by atoms with van der Waals surface area (Å²) in [6, 6.07) is 8.98. The van der Waals surface area contributed by atoms with E-state index in [1.165, 1.54) is 24.0 Å². The second kappa shape index (κ2) is 5.58. The first-order chi connectivity index (χ1) is 8.34. The van der Waals surface area contributed by atoms with Gasteiger partial charge in [0.1, 0.15) is 0 Å². The van der Waals surface area contributed by atoms with Crippen LogP contribution in [0.1, 0.15) is 37.4 Å². The van der Waals surface area contributed by atoms with Crippen molar-refractivity contribution >= 4 is 16.9 Å². The molecule has 1 aliphatic heterocycles. The topological polar surface area (TPSA) is 38.4 Å². The molecule has 0 fully saturated rings. The molecule has 3 rings (SSSR count). The molecule has 92 valence electrons. The second-order valence-electron chi connectivity index (χ2n) is 4.22. The lowest BCUT2D eigenvalue weighted by atomic mass is 9.81. The lowest BCUT2D eigenvalue weighted by Crippen LogP contribution is -2.28. The summed E-state index contributed by atoms with van der Waals surface area (Å²) < 4.78 is 0. The first-order valence-corrected chi connectivity index (χ1v) is 7.37. The molecule has 0 radical (unpaired) electrons. The highest BCUT2D eigenvalue weighted by Crippen LogP contribution is 2.41. The summed E-state index contributed by atoms with van der Waals surface area (Å²) in [5.74, 6) is 1.83. The first-order valence-electron chi connectivity index (χ1n) is 6.38. The van der Waals surface area contributed by atoms with Gasteiger partial charge in [-0.3, -0.25) is 4.99 Å². The molecule has 0 amide bonds. The van der Waals surface area contributed by atoms with Crippen LogP contribution in [0.25, 0.3) is 0 Å². The predicted molar refractivity (Wildman–Crippen MR) is 76.4 cm³/mol. The van der Waals surface area contributed by atoms with Gasteiger partial charge in [-0.25, -0.2) is 0 Å². The Kier molecular flexibility index (Phi) is 4.11. The molecule has 17 heavy (non-hydrogen) atoms. The summed E-state index contributed by atoms with van der Waals surface area (Å²) in [5, 5.41) is 0.757. The van der Waals surface area contributed by atoms with Crippen molar-refractivity contribution < 1.29 is 0 Å². The molecule has 1 aromatic rings. The minimum atomic E-state index is 0.330. The van der Waals surface area contributed by atoms with Crippen LogP contribution >= 0.6 is 11.8 Å². The average molecular weight is 248 g/mol. The number of hydrogen-bond acceptors (Lipinski definition) is 3. The smallest absolute Gasteiger partial charge is 0.154 e. The third-order valence-electron chi connectivity index (χ3n) is 3.32. The zero-order valence-corrected chi connectivity index (χ0v) is 11.3. The van der Waals surface area contributed by atoms with Crippen LogP contribution < -0.4 is 5.73 Å². The molecule has 2 unspecified atom stereocenters. The van der Waals surface area contributed by atoms with Crippen molar-refractivity contribution in [1.29, 1.82) is 0 Å². The van der Waals surface area contributed by atoms with E-state index in [1.807, 2.05) is 13.8 Å². The van der Waals surface area contributed by atoms with E-state index in [4.69, 9.17) is 5.73 Å². The summed E-state index contributed by atoms with van der Waals surface area (Å²) in [4.78, 5) is 4.60. The molecule has 0 bridgehead atoms. The molecule has 1 aromatic carbocycles. The molecule has 0 aromatic heterocycles. The fourth-order valence-electron chi connectivity index (χ4n) is 2.52. The average Bonchev–Trinajstić information content (AvgIpc) is 2.41. The first kappa shape index (κ1) is 12.5. The highest BCUT2D eigenvalue weighted by atomic mass is 32.2. The Labute approximate surface area is 108 Å². The van der Waals surface area contributed by atoms with Gasteiger partial charge in [-0.2, -0.15) is 0 Å². The Morgan fingerprint density at radius 1 is 1.29 bits per heavy atom. The number of nitrogens with two attached hydrogens (primary N) is 1. The molecule has 2 nitrogen and oxygen atoms in total. The summed E-state index contributed by atoms with van der Waals surface area (Å²) in [7, 11) is 0. The predicted octanol–water partition coefficient (Wildman–Crippen LogP) is 3.38. The number of thioether (sulfide) groups is 1. The fraction of sp³-hybridized carbons (Fsp3) is 0.500. The zero-order valence-electron chi connectivity index (χ0n) is 10.5. The van der Waals surface area contributed by atoms with Crippen molar-refractivity contribution in [2.24, 2.45) is 16.6 Å². The van der Waals surface area contributed by atoms with E-state index < -0.39 is 0 Å².